The second-order valence-electron chi connectivity index (χ2n) is 5.80. The molecule has 2 N–H and O–H groups in total. The van der Waals surface area contributed by atoms with E-state index in [4.69, 9.17) is 14.6 Å². The van der Waals surface area contributed by atoms with Gasteiger partial charge in [0.05, 0.1) is 6.04 Å². The van der Waals surface area contributed by atoms with Crippen LogP contribution in [-0.4, -0.2) is 36.8 Å². The topological polar surface area (TPSA) is 84.9 Å². The molecular weight excluding hydrogens is 298 g/mol. The van der Waals surface area contributed by atoms with Crippen LogP contribution in [0.15, 0.2) is 24.3 Å². The first-order valence-electron chi connectivity index (χ1n) is 7.86. The number of ether oxygens (including phenoxy) is 2. The smallest absolute Gasteiger partial charge is 0.341 e. The summed E-state index contributed by atoms with van der Waals surface area (Å²) in [5, 5.41) is 11.6. The van der Waals surface area contributed by atoms with Crippen LogP contribution in [0.1, 0.15) is 37.8 Å². The van der Waals surface area contributed by atoms with Gasteiger partial charge < -0.3 is 19.9 Å². The molecule has 1 heterocycles. The summed E-state index contributed by atoms with van der Waals surface area (Å²) < 4.78 is 10.4. The maximum atomic E-state index is 12.1. The van der Waals surface area contributed by atoms with E-state index in [-0.39, 0.29) is 18.6 Å². The molecule has 0 aliphatic carbocycles. The van der Waals surface area contributed by atoms with E-state index in [2.05, 4.69) is 5.32 Å². The Morgan fingerprint density at radius 2 is 1.96 bits per heavy atom. The number of hydrogen-bond donors (Lipinski definition) is 2. The number of hydrogen-bond acceptors (Lipinski definition) is 4. The lowest BCUT2D eigenvalue weighted by atomic mass is 9.96. The zero-order valence-corrected chi connectivity index (χ0v) is 13.3. The monoisotopic (exact) mass is 321 g/mol. The molecule has 1 fully saturated rings. The van der Waals surface area contributed by atoms with Crippen molar-refractivity contribution < 1.29 is 24.2 Å². The summed E-state index contributed by atoms with van der Waals surface area (Å²) in [5.41, 5.74) is 0.952. The lowest BCUT2D eigenvalue weighted by Crippen LogP contribution is -2.30. The van der Waals surface area contributed by atoms with Gasteiger partial charge in [0.1, 0.15) is 5.75 Å². The number of rotatable bonds is 7. The molecule has 1 amide bonds. The molecule has 1 aromatic rings. The van der Waals surface area contributed by atoms with Gasteiger partial charge in [0.2, 0.25) is 5.91 Å². The van der Waals surface area contributed by atoms with Gasteiger partial charge in [-0.1, -0.05) is 12.1 Å². The SMILES string of the molecule is CC(NC(=O)CC1CCOCC1)c1ccc(OCC(=O)O)cc1. The summed E-state index contributed by atoms with van der Waals surface area (Å²) >= 11 is 0. The van der Waals surface area contributed by atoms with Crippen molar-refractivity contribution in [2.75, 3.05) is 19.8 Å². The Bertz CT molecular complexity index is 522. The number of carboxylic acid groups (broad SMARTS) is 1. The Balaban J connectivity index is 1.80. The number of carbonyl (C=O) groups excluding carboxylic acids is 1. The number of benzene rings is 1. The summed E-state index contributed by atoms with van der Waals surface area (Å²) in [6, 6.07) is 6.97. The highest BCUT2D eigenvalue weighted by atomic mass is 16.5. The van der Waals surface area contributed by atoms with Crippen molar-refractivity contribution in [3.63, 3.8) is 0 Å². The molecule has 6 nitrogen and oxygen atoms in total. The molecule has 0 aromatic heterocycles. The van der Waals surface area contributed by atoms with Gasteiger partial charge >= 0.3 is 5.97 Å². The van der Waals surface area contributed by atoms with Crippen molar-refractivity contribution in [1.29, 1.82) is 0 Å². The van der Waals surface area contributed by atoms with E-state index in [1.165, 1.54) is 0 Å². The fourth-order valence-corrected chi connectivity index (χ4v) is 2.59. The molecule has 0 radical (unpaired) electrons. The minimum absolute atomic E-state index is 0.0515. The number of amides is 1. The summed E-state index contributed by atoms with van der Waals surface area (Å²) in [6.07, 6.45) is 2.42. The van der Waals surface area contributed by atoms with Gasteiger partial charge in [-0.3, -0.25) is 4.79 Å². The quantitative estimate of drug-likeness (QED) is 0.804. The fraction of sp³-hybridized carbons (Fsp3) is 0.529. The zero-order valence-electron chi connectivity index (χ0n) is 13.3. The number of carbonyl (C=O) groups is 2. The van der Waals surface area contributed by atoms with Crippen LogP contribution >= 0.6 is 0 Å². The van der Waals surface area contributed by atoms with Crippen LogP contribution in [0.25, 0.3) is 0 Å². The predicted octanol–water partition coefficient (Wildman–Crippen LogP) is 2.14. The second-order valence-corrected chi connectivity index (χ2v) is 5.80. The highest BCUT2D eigenvalue weighted by Gasteiger charge is 2.18. The van der Waals surface area contributed by atoms with Gasteiger partial charge in [0, 0.05) is 19.6 Å². The third kappa shape index (κ3) is 5.90. The zero-order chi connectivity index (χ0) is 16.7. The molecule has 0 bridgehead atoms. The molecule has 0 saturated carbocycles. The van der Waals surface area contributed by atoms with Gasteiger partial charge in [0.25, 0.3) is 0 Å². The Hall–Kier alpha value is -2.08. The molecule has 1 aliphatic rings. The summed E-state index contributed by atoms with van der Waals surface area (Å²) in [7, 11) is 0. The number of carboxylic acids is 1. The Morgan fingerprint density at radius 3 is 2.57 bits per heavy atom. The Labute approximate surface area is 135 Å². The van der Waals surface area contributed by atoms with E-state index in [0.717, 1.165) is 31.6 Å². The molecule has 23 heavy (non-hydrogen) atoms. The van der Waals surface area contributed by atoms with Crippen molar-refractivity contribution >= 4 is 11.9 Å². The third-order valence-electron chi connectivity index (χ3n) is 3.93. The van der Waals surface area contributed by atoms with E-state index in [0.29, 0.717) is 18.1 Å². The first kappa shape index (κ1) is 17.3. The van der Waals surface area contributed by atoms with E-state index in [9.17, 15) is 9.59 Å². The van der Waals surface area contributed by atoms with E-state index in [1.54, 1.807) is 12.1 Å². The molecule has 0 spiro atoms. The van der Waals surface area contributed by atoms with Crippen molar-refractivity contribution in [3.8, 4) is 5.75 Å². The Morgan fingerprint density at radius 1 is 1.30 bits per heavy atom. The van der Waals surface area contributed by atoms with Crippen molar-refractivity contribution in [3.05, 3.63) is 29.8 Å². The normalized spacial score (nSPS) is 16.6. The molecule has 1 unspecified atom stereocenters. The molecule has 1 atom stereocenters. The van der Waals surface area contributed by atoms with Crippen LogP contribution in [0.2, 0.25) is 0 Å². The molecule has 1 aromatic carbocycles. The molecular formula is C17H23NO5. The van der Waals surface area contributed by atoms with E-state index in [1.807, 2.05) is 19.1 Å². The van der Waals surface area contributed by atoms with Crippen molar-refractivity contribution in [2.24, 2.45) is 5.92 Å². The average Bonchev–Trinajstić information content (AvgIpc) is 2.54. The molecule has 126 valence electrons. The maximum Gasteiger partial charge on any atom is 0.341 e. The van der Waals surface area contributed by atoms with Crippen LogP contribution in [0, 0.1) is 5.92 Å². The van der Waals surface area contributed by atoms with Crippen LogP contribution in [0.5, 0.6) is 5.75 Å². The summed E-state index contributed by atoms with van der Waals surface area (Å²) in [4.78, 5) is 22.5. The lowest BCUT2D eigenvalue weighted by Gasteiger charge is -2.22. The average molecular weight is 321 g/mol. The fourth-order valence-electron chi connectivity index (χ4n) is 2.59. The predicted molar refractivity (Wildman–Crippen MR) is 84.3 cm³/mol. The summed E-state index contributed by atoms with van der Waals surface area (Å²) in [6.45, 7) is 3.04. The van der Waals surface area contributed by atoms with Gasteiger partial charge in [0.15, 0.2) is 6.61 Å². The largest absolute Gasteiger partial charge is 0.482 e. The molecule has 1 aliphatic heterocycles. The van der Waals surface area contributed by atoms with Crippen LogP contribution in [0.3, 0.4) is 0 Å². The van der Waals surface area contributed by atoms with Gasteiger partial charge in [-0.25, -0.2) is 4.79 Å². The van der Waals surface area contributed by atoms with Crippen LogP contribution in [-0.2, 0) is 14.3 Å². The number of nitrogens with one attached hydrogen (secondary N) is 1. The minimum atomic E-state index is -1.01. The second kappa shape index (κ2) is 8.53. The van der Waals surface area contributed by atoms with Crippen LogP contribution in [0.4, 0.5) is 0 Å². The van der Waals surface area contributed by atoms with E-state index < -0.39 is 5.97 Å². The number of aliphatic carboxylic acids is 1. The van der Waals surface area contributed by atoms with Crippen molar-refractivity contribution in [2.45, 2.75) is 32.2 Å². The third-order valence-corrected chi connectivity index (χ3v) is 3.93. The maximum absolute atomic E-state index is 12.1. The van der Waals surface area contributed by atoms with Gasteiger partial charge in [-0.2, -0.15) is 0 Å². The Kier molecular flexibility index (Phi) is 6.40. The lowest BCUT2D eigenvalue weighted by molar-refractivity contribution is -0.139. The van der Waals surface area contributed by atoms with Gasteiger partial charge in [-0.05, 0) is 43.4 Å². The van der Waals surface area contributed by atoms with Gasteiger partial charge in [-0.15, -0.1) is 0 Å². The molecule has 2 rings (SSSR count). The molecule has 6 heteroatoms. The first-order valence-corrected chi connectivity index (χ1v) is 7.86. The highest BCUT2D eigenvalue weighted by Crippen LogP contribution is 2.20. The molecule has 1 saturated heterocycles. The summed E-state index contributed by atoms with van der Waals surface area (Å²) in [5.74, 6) is -0.0574. The van der Waals surface area contributed by atoms with Crippen LogP contribution < -0.4 is 10.1 Å². The standard InChI is InChI=1S/C17H23NO5/c1-12(18-16(19)10-13-6-8-22-9-7-13)14-2-4-15(5-3-14)23-11-17(20)21/h2-5,12-13H,6-11H2,1H3,(H,18,19)(H,20,21). The van der Waals surface area contributed by atoms with Crippen molar-refractivity contribution in [1.82, 2.24) is 5.32 Å². The van der Waals surface area contributed by atoms with E-state index >= 15 is 0 Å². The first-order chi connectivity index (χ1) is 11.0. The highest BCUT2D eigenvalue weighted by molar-refractivity contribution is 5.76. The minimum Gasteiger partial charge on any atom is -0.482 e.